The van der Waals surface area contributed by atoms with Crippen molar-refractivity contribution in [2.75, 3.05) is 13.6 Å². The van der Waals surface area contributed by atoms with E-state index in [1.165, 1.54) is 0 Å². The molecule has 1 saturated carbocycles. The van der Waals surface area contributed by atoms with E-state index in [2.05, 4.69) is 12.6 Å². The lowest BCUT2D eigenvalue weighted by Crippen LogP contribution is -2.33. The van der Waals surface area contributed by atoms with Gasteiger partial charge in [0.25, 0.3) is 0 Å². The zero-order chi connectivity index (χ0) is 8.48. The first kappa shape index (κ1) is 8.58. The first-order valence-electron chi connectivity index (χ1n) is 3.56. The zero-order valence-corrected chi connectivity index (χ0v) is 7.36. The molecule has 0 aliphatic heterocycles. The summed E-state index contributed by atoms with van der Waals surface area (Å²) in [6.45, 7) is 4.19. The van der Waals surface area contributed by atoms with Crippen molar-refractivity contribution in [1.82, 2.24) is 4.90 Å². The number of nitriles is 1. The second kappa shape index (κ2) is 2.84. The number of nitrogens with zero attached hydrogens (tertiary/aromatic N) is 2. The summed E-state index contributed by atoms with van der Waals surface area (Å²) in [6, 6.07) is 2.28. The molecule has 0 aromatic carbocycles. The summed E-state index contributed by atoms with van der Waals surface area (Å²) >= 11 is 5.62. The van der Waals surface area contributed by atoms with E-state index >= 15 is 0 Å². The maximum atomic E-state index is 8.78. The molecule has 0 saturated heterocycles. The van der Waals surface area contributed by atoms with E-state index in [1.54, 1.807) is 0 Å². The van der Waals surface area contributed by atoms with Gasteiger partial charge in [-0.25, -0.2) is 0 Å². The molecule has 60 valence electrons. The van der Waals surface area contributed by atoms with Crippen LogP contribution in [-0.4, -0.2) is 24.0 Å². The SMILES string of the molecule is C=C(Cl)CN(C)C1(C#N)CC1. The predicted octanol–water partition coefficient (Wildman–Crippen LogP) is 1.73. The Morgan fingerprint density at radius 2 is 2.36 bits per heavy atom. The molecule has 3 heteroatoms. The summed E-state index contributed by atoms with van der Waals surface area (Å²) < 4.78 is 0. The third kappa shape index (κ3) is 1.74. The maximum Gasteiger partial charge on any atom is 0.109 e. The van der Waals surface area contributed by atoms with Crippen LogP contribution in [-0.2, 0) is 0 Å². The summed E-state index contributed by atoms with van der Waals surface area (Å²) in [4.78, 5) is 1.96. The van der Waals surface area contributed by atoms with E-state index in [4.69, 9.17) is 16.9 Å². The van der Waals surface area contributed by atoms with Gasteiger partial charge in [0.2, 0.25) is 0 Å². The van der Waals surface area contributed by atoms with Gasteiger partial charge in [-0.2, -0.15) is 5.26 Å². The van der Waals surface area contributed by atoms with Gasteiger partial charge in [0.05, 0.1) is 6.07 Å². The van der Waals surface area contributed by atoms with E-state index in [0.717, 1.165) is 12.8 Å². The summed E-state index contributed by atoms with van der Waals surface area (Å²) in [5.74, 6) is 0. The van der Waals surface area contributed by atoms with Gasteiger partial charge in [-0.15, -0.1) is 0 Å². The van der Waals surface area contributed by atoms with Gasteiger partial charge < -0.3 is 0 Å². The van der Waals surface area contributed by atoms with E-state index in [-0.39, 0.29) is 5.54 Å². The molecule has 0 radical (unpaired) electrons. The Kier molecular flexibility index (Phi) is 2.22. The maximum absolute atomic E-state index is 8.78. The van der Waals surface area contributed by atoms with Crippen LogP contribution in [0.5, 0.6) is 0 Å². The van der Waals surface area contributed by atoms with Gasteiger partial charge in [0.1, 0.15) is 5.54 Å². The first-order chi connectivity index (χ1) is 5.10. The highest BCUT2D eigenvalue weighted by Crippen LogP contribution is 2.40. The molecule has 1 rings (SSSR count). The molecule has 0 N–H and O–H groups in total. The zero-order valence-electron chi connectivity index (χ0n) is 6.60. The molecule has 11 heavy (non-hydrogen) atoms. The van der Waals surface area contributed by atoms with Crippen molar-refractivity contribution in [3.63, 3.8) is 0 Å². The number of hydrogen-bond acceptors (Lipinski definition) is 2. The average Bonchev–Trinajstić information content (AvgIpc) is 2.65. The van der Waals surface area contributed by atoms with E-state index in [1.807, 2.05) is 11.9 Å². The average molecular weight is 171 g/mol. The third-order valence-corrected chi connectivity index (χ3v) is 2.19. The minimum absolute atomic E-state index is 0.224. The molecule has 2 nitrogen and oxygen atoms in total. The summed E-state index contributed by atoms with van der Waals surface area (Å²) in [7, 11) is 1.91. The Bertz CT molecular complexity index is 213. The Balaban J connectivity index is 2.49. The van der Waals surface area contributed by atoms with Crippen LogP contribution in [0.25, 0.3) is 0 Å². The molecule has 0 bridgehead atoms. The summed E-state index contributed by atoms with van der Waals surface area (Å²) in [5, 5.41) is 9.37. The fraction of sp³-hybridized carbons (Fsp3) is 0.625. The summed E-state index contributed by atoms with van der Waals surface area (Å²) in [5.41, 5.74) is -0.224. The molecule has 1 aliphatic carbocycles. The van der Waals surface area contributed by atoms with Crippen LogP contribution in [0.15, 0.2) is 11.6 Å². The van der Waals surface area contributed by atoms with E-state index in [9.17, 15) is 0 Å². The molecule has 0 heterocycles. The number of rotatable bonds is 3. The molecule has 1 aliphatic rings. The molecule has 0 aromatic heterocycles. The lowest BCUT2D eigenvalue weighted by atomic mass is 10.2. The molecule has 0 aromatic rings. The Morgan fingerprint density at radius 3 is 2.64 bits per heavy atom. The first-order valence-corrected chi connectivity index (χ1v) is 3.94. The van der Waals surface area contributed by atoms with Crippen molar-refractivity contribution in [3.8, 4) is 6.07 Å². The fourth-order valence-electron chi connectivity index (χ4n) is 1.11. The normalized spacial score (nSPS) is 19.5. The van der Waals surface area contributed by atoms with Crippen LogP contribution in [0.4, 0.5) is 0 Å². The fourth-order valence-corrected chi connectivity index (χ4v) is 1.29. The lowest BCUT2D eigenvalue weighted by Gasteiger charge is -2.20. The Hall–Kier alpha value is -0.520. The van der Waals surface area contributed by atoms with Gasteiger partial charge in [-0.1, -0.05) is 18.2 Å². The largest absolute Gasteiger partial charge is 0.283 e. The van der Waals surface area contributed by atoms with Crippen molar-refractivity contribution in [1.29, 1.82) is 5.26 Å². The third-order valence-electron chi connectivity index (χ3n) is 2.07. The molecule has 0 atom stereocenters. The smallest absolute Gasteiger partial charge is 0.109 e. The monoisotopic (exact) mass is 170 g/mol. The highest BCUT2D eigenvalue weighted by Gasteiger charge is 2.46. The lowest BCUT2D eigenvalue weighted by molar-refractivity contribution is 0.298. The molecule has 0 amide bonds. The van der Waals surface area contributed by atoms with Crippen LogP contribution >= 0.6 is 11.6 Å². The second-order valence-electron chi connectivity index (χ2n) is 3.02. The minimum atomic E-state index is -0.224. The standard InChI is InChI=1S/C8H11ClN2/c1-7(9)5-11(2)8(6-10)3-4-8/h1,3-5H2,2H3. The molecule has 0 spiro atoms. The molecular formula is C8H11ClN2. The molecular weight excluding hydrogens is 160 g/mol. The topological polar surface area (TPSA) is 27.0 Å². The second-order valence-corrected chi connectivity index (χ2v) is 3.55. The van der Waals surface area contributed by atoms with Gasteiger partial charge in [-0.05, 0) is 19.9 Å². The van der Waals surface area contributed by atoms with Crippen molar-refractivity contribution >= 4 is 11.6 Å². The minimum Gasteiger partial charge on any atom is -0.283 e. The van der Waals surface area contributed by atoms with Crippen molar-refractivity contribution in [3.05, 3.63) is 11.6 Å². The van der Waals surface area contributed by atoms with Crippen molar-refractivity contribution < 1.29 is 0 Å². The van der Waals surface area contributed by atoms with Crippen LogP contribution in [0.3, 0.4) is 0 Å². The van der Waals surface area contributed by atoms with Gasteiger partial charge in [0.15, 0.2) is 0 Å². The highest BCUT2D eigenvalue weighted by molar-refractivity contribution is 6.29. The quantitative estimate of drug-likeness (QED) is 0.645. The number of hydrogen-bond donors (Lipinski definition) is 0. The predicted molar refractivity (Wildman–Crippen MR) is 45.2 cm³/mol. The highest BCUT2D eigenvalue weighted by atomic mass is 35.5. The number of halogens is 1. The van der Waals surface area contributed by atoms with Crippen molar-refractivity contribution in [2.24, 2.45) is 0 Å². The summed E-state index contributed by atoms with van der Waals surface area (Å²) in [6.07, 6.45) is 1.92. The van der Waals surface area contributed by atoms with Gasteiger partial charge in [0, 0.05) is 11.6 Å². The van der Waals surface area contributed by atoms with E-state index < -0.39 is 0 Å². The number of likely N-dealkylation sites (N-methyl/N-ethyl adjacent to an activating group) is 1. The van der Waals surface area contributed by atoms with Crippen LogP contribution in [0, 0.1) is 11.3 Å². The van der Waals surface area contributed by atoms with Crippen LogP contribution in [0.2, 0.25) is 0 Å². The van der Waals surface area contributed by atoms with Crippen molar-refractivity contribution in [2.45, 2.75) is 18.4 Å². The molecule has 0 unspecified atom stereocenters. The van der Waals surface area contributed by atoms with Crippen LogP contribution < -0.4 is 0 Å². The van der Waals surface area contributed by atoms with E-state index in [0.29, 0.717) is 11.6 Å². The Morgan fingerprint density at radius 1 is 1.82 bits per heavy atom. The van der Waals surface area contributed by atoms with Gasteiger partial charge in [-0.3, -0.25) is 4.90 Å². The van der Waals surface area contributed by atoms with Crippen LogP contribution in [0.1, 0.15) is 12.8 Å². The Labute approximate surface area is 72.1 Å². The molecule has 1 fully saturated rings. The van der Waals surface area contributed by atoms with Gasteiger partial charge >= 0.3 is 0 Å².